The monoisotopic (exact) mass is 401 g/mol. The Bertz CT molecular complexity index is 1300. The number of ether oxygens (including phenoxy) is 1. The molecule has 30 heavy (non-hydrogen) atoms. The number of nitrogens with zero attached hydrogens (tertiary/aromatic N) is 7. The van der Waals surface area contributed by atoms with Crippen molar-refractivity contribution in [2.75, 3.05) is 7.11 Å². The molecule has 0 atom stereocenters. The fraction of sp³-hybridized carbons (Fsp3) is 0.238. The minimum absolute atomic E-state index is 0.0517. The number of methoxy groups -OCH3 is 1. The van der Waals surface area contributed by atoms with Gasteiger partial charge in [0.2, 0.25) is 0 Å². The van der Waals surface area contributed by atoms with Crippen LogP contribution in [-0.2, 0) is 31.5 Å². The smallest absolute Gasteiger partial charge is 0.166 e. The maximum Gasteiger partial charge on any atom is 0.166 e. The Balaban J connectivity index is 1.69. The number of aliphatic hydroxyl groups is 1. The molecule has 9 nitrogen and oxygen atoms in total. The zero-order valence-corrected chi connectivity index (χ0v) is 16.6. The number of fused-ring (bicyclic) bond motifs is 5. The van der Waals surface area contributed by atoms with E-state index in [4.69, 9.17) is 4.74 Å². The molecule has 4 heterocycles. The average Bonchev–Trinajstić information content (AvgIpc) is 3.44. The second-order valence-electron chi connectivity index (χ2n) is 7.00. The minimum atomic E-state index is -0.0517. The molecule has 0 amide bonds. The van der Waals surface area contributed by atoms with Gasteiger partial charge < -0.3 is 14.4 Å². The molecule has 3 aromatic heterocycles. The van der Waals surface area contributed by atoms with Gasteiger partial charge in [-0.05, 0) is 35.6 Å². The molecule has 0 radical (unpaired) electrons. The Morgan fingerprint density at radius 3 is 2.87 bits per heavy atom. The van der Waals surface area contributed by atoms with Crippen molar-refractivity contribution in [3.8, 4) is 28.9 Å². The third-order valence-corrected chi connectivity index (χ3v) is 5.04. The highest BCUT2D eigenvalue weighted by molar-refractivity contribution is 5.70. The van der Waals surface area contributed by atoms with Crippen LogP contribution in [0, 0.1) is 11.8 Å². The summed E-state index contributed by atoms with van der Waals surface area (Å²) in [6, 6.07) is 7.65. The van der Waals surface area contributed by atoms with Gasteiger partial charge in [0, 0.05) is 25.9 Å². The van der Waals surface area contributed by atoms with Gasteiger partial charge in [-0.3, -0.25) is 9.25 Å². The molecule has 0 bridgehead atoms. The molecule has 5 rings (SSSR count). The van der Waals surface area contributed by atoms with Crippen molar-refractivity contribution in [2.24, 2.45) is 7.05 Å². The first-order chi connectivity index (χ1) is 14.7. The Morgan fingerprint density at radius 2 is 2.10 bits per heavy atom. The first-order valence-corrected chi connectivity index (χ1v) is 9.41. The topological polar surface area (TPSA) is 95.8 Å². The zero-order valence-electron chi connectivity index (χ0n) is 16.6. The highest BCUT2D eigenvalue weighted by atomic mass is 16.5. The molecule has 0 aliphatic carbocycles. The van der Waals surface area contributed by atoms with Crippen LogP contribution in [0.4, 0.5) is 0 Å². The lowest BCUT2D eigenvalue weighted by atomic mass is 10.1. The van der Waals surface area contributed by atoms with Gasteiger partial charge in [0.05, 0.1) is 24.5 Å². The van der Waals surface area contributed by atoms with E-state index in [0.717, 1.165) is 28.3 Å². The summed E-state index contributed by atoms with van der Waals surface area (Å²) in [5, 5.41) is 22.6. The van der Waals surface area contributed by atoms with Gasteiger partial charge in [-0.15, -0.1) is 10.2 Å². The Labute approximate surface area is 172 Å². The molecular weight excluding hydrogens is 382 g/mol. The predicted molar refractivity (Wildman–Crippen MR) is 108 cm³/mol. The lowest BCUT2D eigenvalue weighted by Gasteiger charge is -2.09. The van der Waals surface area contributed by atoms with Gasteiger partial charge >= 0.3 is 0 Å². The van der Waals surface area contributed by atoms with Crippen molar-refractivity contribution in [1.82, 2.24) is 34.1 Å². The summed E-state index contributed by atoms with van der Waals surface area (Å²) in [5.41, 5.74) is 4.86. The van der Waals surface area contributed by atoms with Crippen LogP contribution in [0.2, 0.25) is 0 Å². The van der Waals surface area contributed by atoms with Gasteiger partial charge in [-0.25, -0.2) is 4.98 Å². The molecule has 0 saturated carbocycles. The van der Waals surface area contributed by atoms with Gasteiger partial charge in [0.25, 0.3) is 0 Å². The molecule has 1 aliphatic rings. The minimum Gasteiger partial charge on any atom is -0.392 e. The zero-order chi connectivity index (χ0) is 20.7. The number of imidazole rings is 1. The van der Waals surface area contributed by atoms with Crippen LogP contribution < -0.4 is 0 Å². The molecule has 0 saturated heterocycles. The molecule has 1 N–H and O–H groups in total. The molecule has 0 unspecified atom stereocenters. The summed E-state index contributed by atoms with van der Waals surface area (Å²) in [6.45, 7) is 0.783. The Hall–Kier alpha value is -3.74. The summed E-state index contributed by atoms with van der Waals surface area (Å²) < 4.78 is 11.1. The molecule has 9 heteroatoms. The van der Waals surface area contributed by atoms with Crippen molar-refractivity contribution in [3.05, 3.63) is 65.3 Å². The third kappa shape index (κ3) is 2.99. The number of benzene rings is 1. The number of hydrogen-bond donors (Lipinski definition) is 1. The summed E-state index contributed by atoms with van der Waals surface area (Å²) in [7, 11) is 3.49. The highest BCUT2D eigenvalue weighted by Crippen LogP contribution is 2.33. The molecular formula is C21H19N7O2. The summed E-state index contributed by atoms with van der Waals surface area (Å²) in [4.78, 5) is 4.56. The number of aromatic nitrogens is 7. The second-order valence-corrected chi connectivity index (χ2v) is 7.00. The Kier molecular flexibility index (Phi) is 4.43. The van der Waals surface area contributed by atoms with Gasteiger partial charge in [0.15, 0.2) is 11.6 Å². The van der Waals surface area contributed by atoms with Crippen LogP contribution >= 0.6 is 0 Å². The standard InChI is InChI=1S/C21H19N7O2/c1-26-8-7-15(25-26)4-5-17-19-10-27-20(12-30-2)23-24-21(27)16-9-14(11-29)3-6-18(16)28(19)13-22-17/h3,6-9,13,29H,10-12H2,1-2H3. The van der Waals surface area contributed by atoms with Crippen LogP contribution in [-0.4, -0.2) is 46.3 Å². The van der Waals surface area contributed by atoms with Crippen molar-refractivity contribution < 1.29 is 9.84 Å². The first kappa shape index (κ1) is 18.3. The lowest BCUT2D eigenvalue weighted by molar-refractivity contribution is 0.174. The summed E-state index contributed by atoms with van der Waals surface area (Å²) in [5.74, 6) is 7.67. The van der Waals surface area contributed by atoms with Crippen molar-refractivity contribution in [1.29, 1.82) is 0 Å². The lowest BCUT2D eigenvalue weighted by Crippen LogP contribution is -2.09. The normalized spacial score (nSPS) is 11.8. The molecule has 4 aromatic rings. The number of hydrogen-bond acceptors (Lipinski definition) is 6. The van der Waals surface area contributed by atoms with E-state index in [9.17, 15) is 5.11 Å². The molecule has 150 valence electrons. The summed E-state index contributed by atoms with van der Waals surface area (Å²) >= 11 is 0. The largest absolute Gasteiger partial charge is 0.392 e. The van der Waals surface area contributed by atoms with E-state index in [0.29, 0.717) is 30.4 Å². The molecule has 1 aromatic carbocycles. The quantitative estimate of drug-likeness (QED) is 0.458. The van der Waals surface area contributed by atoms with Crippen LogP contribution in [0.15, 0.2) is 36.8 Å². The Morgan fingerprint density at radius 1 is 1.20 bits per heavy atom. The van der Waals surface area contributed by atoms with E-state index in [1.165, 1.54) is 0 Å². The van der Waals surface area contributed by atoms with E-state index >= 15 is 0 Å². The maximum atomic E-state index is 9.62. The van der Waals surface area contributed by atoms with E-state index < -0.39 is 0 Å². The molecule has 1 aliphatic heterocycles. The number of rotatable bonds is 3. The van der Waals surface area contributed by atoms with E-state index in [1.54, 1.807) is 18.1 Å². The highest BCUT2D eigenvalue weighted by Gasteiger charge is 2.25. The van der Waals surface area contributed by atoms with Crippen molar-refractivity contribution in [3.63, 3.8) is 0 Å². The predicted octanol–water partition coefficient (Wildman–Crippen LogP) is 1.26. The fourth-order valence-corrected chi connectivity index (χ4v) is 3.60. The second kappa shape index (κ2) is 7.26. The van der Waals surface area contributed by atoms with Gasteiger partial charge in [-0.1, -0.05) is 6.07 Å². The number of aryl methyl sites for hydroxylation is 1. The van der Waals surface area contributed by atoms with Crippen molar-refractivity contribution in [2.45, 2.75) is 19.8 Å². The summed E-state index contributed by atoms with van der Waals surface area (Å²) in [6.07, 6.45) is 3.62. The van der Waals surface area contributed by atoms with Gasteiger partial charge in [0.1, 0.15) is 24.3 Å². The maximum absolute atomic E-state index is 9.62. The van der Waals surface area contributed by atoms with Crippen molar-refractivity contribution >= 4 is 0 Å². The van der Waals surface area contributed by atoms with Crippen LogP contribution in [0.1, 0.15) is 28.5 Å². The molecule has 0 spiro atoms. The van der Waals surface area contributed by atoms with E-state index in [2.05, 4.69) is 32.1 Å². The van der Waals surface area contributed by atoms with E-state index in [1.807, 2.05) is 46.6 Å². The van der Waals surface area contributed by atoms with Crippen LogP contribution in [0.5, 0.6) is 0 Å². The van der Waals surface area contributed by atoms with E-state index in [-0.39, 0.29) is 6.61 Å². The van der Waals surface area contributed by atoms with Crippen LogP contribution in [0.3, 0.4) is 0 Å². The van der Waals surface area contributed by atoms with Gasteiger partial charge in [-0.2, -0.15) is 5.10 Å². The molecule has 0 fully saturated rings. The third-order valence-electron chi connectivity index (χ3n) is 5.04. The average molecular weight is 401 g/mol. The number of aliphatic hydroxyl groups excluding tert-OH is 1. The first-order valence-electron chi connectivity index (χ1n) is 9.41. The van der Waals surface area contributed by atoms with Crippen LogP contribution in [0.25, 0.3) is 17.1 Å². The fourth-order valence-electron chi connectivity index (χ4n) is 3.60. The SMILES string of the molecule is COCc1nnc2n1Cc1c(C#Cc3ccn(C)n3)ncn1-c1ccc(CO)cc1-2.